The van der Waals surface area contributed by atoms with Crippen LogP contribution in [0.5, 0.6) is 5.75 Å². The molecule has 0 amide bonds. The van der Waals surface area contributed by atoms with E-state index in [2.05, 4.69) is 10.5 Å². The van der Waals surface area contributed by atoms with Gasteiger partial charge in [0.15, 0.2) is 0 Å². The first-order valence-electron chi connectivity index (χ1n) is 7.92. The second kappa shape index (κ2) is 9.34. The maximum Gasteiger partial charge on any atom is 0.119 e. The molecule has 27 heavy (non-hydrogen) atoms. The smallest absolute Gasteiger partial charge is 0.119 e. The van der Waals surface area contributed by atoms with Crippen LogP contribution in [0, 0.1) is 0 Å². The number of benzene rings is 3. The molecule has 138 valence electrons. The first kappa shape index (κ1) is 19.8. The van der Waals surface area contributed by atoms with E-state index in [0.717, 1.165) is 22.6 Å². The third-order valence-corrected chi connectivity index (χ3v) is 5.07. The van der Waals surface area contributed by atoms with E-state index in [1.807, 2.05) is 30.3 Å². The second-order valence-corrected chi connectivity index (χ2v) is 7.23. The Hall–Kier alpha value is -1.91. The van der Waals surface area contributed by atoms with E-state index in [4.69, 9.17) is 51.1 Å². The van der Waals surface area contributed by atoms with Crippen LogP contribution in [-0.2, 0) is 6.61 Å². The molecule has 0 unspecified atom stereocenters. The summed E-state index contributed by atoms with van der Waals surface area (Å²) < 4.78 is 5.75. The molecule has 3 rings (SSSR count). The summed E-state index contributed by atoms with van der Waals surface area (Å²) >= 11 is 23.8. The highest BCUT2D eigenvalue weighted by atomic mass is 35.5. The van der Waals surface area contributed by atoms with Crippen LogP contribution < -0.4 is 10.2 Å². The summed E-state index contributed by atoms with van der Waals surface area (Å²) in [5, 5.41) is 6.19. The van der Waals surface area contributed by atoms with E-state index in [-0.39, 0.29) is 0 Å². The minimum Gasteiger partial charge on any atom is -0.489 e. The van der Waals surface area contributed by atoms with E-state index in [1.165, 1.54) is 0 Å². The van der Waals surface area contributed by atoms with Gasteiger partial charge in [-0.3, -0.25) is 5.43 Å². The molecule has 3 aromatic rings. The summed E-state index contributed by atoms with van der Waals surface area (Å²) in [7, 11) is 0. The van der Waals surface area contributed by atoms with Gasteiger partial charge in [0.05, 0.1) is 32.0 Å². The number of nitrogens with zero attached hydrogens (tertiary/aromatic N) is 1. The van der Waals surface area contributed by atoms with Crippen molar-refractivity contribution in [3.63, 3.8) is 0 Å². The van der Waals surface area contributed by atoms with E-state index in [0.29, 0.717) is 26.7 Å². The number of anilines is 1. The van der Waals surface area contributed by atoms with Crippen LogP contribution in [0.2, 0.25) is 20.1 Å². The Balaban J connectivity index is 1.54. The van der Waals surface area contributed by atoms with E-state index >= 15 is 0 Å². The molecule has 0 saturated heterocycles. The highest BCUT2D eigenvalue weighted by Gasteiger charge is 2.01. The lowest BCUT2D eigenvalue weighted by Crippen LogP contribution is -1.96. The van der Waals surface area contributed by atoms with Crippen molar-refractivity contribution in [2.75, 3.05) is 5.43 Å². The van der Waals surface area contributed by atoms with Crippen molar-refractivity contribution in [2.24, 2.45) is 5.10 Å². The zero-order valence-electron chi connectivity index (χ0n) is 13.9. The molecule has 0 aromatic heterocycles. The molecule has 0 bridgehead atoms. The van der Waals surface area contributed by atoms with Crippen LogP contribution in [0.25, 0.3) is 0 Å². The van der Waals surface area contributed by atoms with Gasteiger partial charge in [-0.15, -0.1) is 0 Å². The first-order chi connectivity index (χ1) is 13.0. The third kappa shape index (κ3) is 5.78. The highest BCUT2D eigenvalue weighted by Crippen LogP contribution is 2.25. The largest absolute Gasteiger partial charge is 0.489 e. The fourth-order valence-electron chi connectivity index (χ4n) is 2.19. The van der Waals surface area contributed by atoms with E-state index < -0.39 is 0 Å². The molecule has 0 saturated carbocycles. The highest BCUT2D eigenvalue weighted by molar-refractivity contribution is 6.42. The topological polar surface area (TPSA) is 33.6 Å². The van der Waals surface area contributed by atoms with Crippen LogP contribution in [-0.4, -0.2) is 6.21 Å². The zero-order chi connectivity index (χ0) is 19.2. The molecule has 0 atom stereocenters. The summed E-state index contributed by atoms with van der Waals surface area (Å²) in [6.07, 6.45) is 1.70. The maximum absolute atomic E-state index is 6.00. The second-order valence-electron chi connectivity index (χ2n) is 5.61. The minimum atomic E-state index is 0.406. The van der Waals surface area contributed by atoms with Gasteiger partial charge in [0.1, 0.15) is 12.4 Å². The quantitative estimate of drug-likeness (QED) is 0.322. The Bertz CT molecular complexity index is 959. The predicted molar refractivity (Wildman–Crippen MR) is 115 cm³/mol. The molecule has 3 nitrogen and oxygen atoms in total. The lowest BCUT2D eigenvalue weighted by atomic mass is 10.2. The lowest BCUT2D eigenvalue weighted by Gasteiger charge is -2.07. The predicted octanol–water partition coefficient (Wildman–Crippen LogP) is 7.33. The van der Waals surface area contributed by atoms with E-state index in [1.54, 1.807) is 36.5 Å². The monoisotopic (exact) mass is 438 g/mol. The molecular weight excluding hydrogens is 426 g/mol. The average molecular weight is 440 g/mol. The zero-order valence-corrected chi connectivity index (χ0v) is 16.9. The molecule has 0 fully saturated rings. The van der Waals surface area contributed by atoms with Gasteiger partial charge in [0.25, 0.3) is 0 Å². The van der Waals surface area contributed by atoms with Crippen molar-refractivity contribution >= 4 is 58.3 Å². The van der Waals surface area contributed by atoms with Gasteiger partial charge in [-0.25, -0.2) is 0 Å². The van der Waals surface area contributed by atoms with Crippen molar-refractivity contribution < 1.29 is 4.74 Å². The van der Waals surface area contributed by atoms with Gasteiger partial charge in [0, 0.05) is 0 Å². The fourth-order valence-corrected chi connectivity index (χ4v) is 2.81. The molecule has 0 radical (unpaired) electrons. The van der Waals surface area contributed by atoms with Gasteiger partial charge < -0.3 is 4.74 Å². The van der Waals surface area contributed by atoms with Crippen molar-refractivity contribution in [1.82, 2.24) is 0 Å². The molecule has 7 heteroatoms. The van der Waals surface area contributed by atoms with Crippen molar-refractivity contribution in [1.29, 1.82) is 0 Å². The molecule has 0 aliphatic carbocycles. The summed E-state index contributed by atoms with van der Waals surface area (Å²) in [5.74, 6) is 0.746. The van der Waals surface area contributed by atoms with Crippen LogP contribution in [0.1, 0.15) is 11.1 Å². The summed E-state index contributed by atoms with van der Waals surface area (Å²) in [6, 6.07) is 18.2. The molecule has 0 aliphatic rings. The summed E-state index contributed by atoms with van der Waals surface area (Å²) in [6.45, 7) is 0.406. The average Bonchev–Trinajstić information content (AvgIpc) is 2.66. The van der Waals surface area contributed by atoms with Crippen molar-refractivity contribution in [3.8, 4) is 5.75 Å². The van der Waals surface area contributed by atoms with Crippen LogP contribution in [0.4, 0.5) is 5.69 Å². The standard InChI is InChI=1S/C20H14Cl4N2O/c21-17-7-3-14(9-19(17)23)12-27-16-5-1-13(2-6-16)11-25-26-15-4-8-18(22)20(24)10-15/h1-11,26H,12H2. The maximum atomic E-state index is 6.00. The van der Waals surface area contributed by atoms with Crippen LogP contribution >= 0.6 is 46.4 Å². The number of hydrogen-bond acceptors (Lipinski definition) is 3. The Morgan fingerprint density at radius 3 is 2.11 bits per heavy atom. The van der Waals surface area contributed by atoms with Crippen LogP contribution in [0.15, 0.2) is 65.8 Å². The van der Waals surface area contributed by atoms with Gasteiger partial charge in [-0.2, -0.15) is 5.10 Å². The molecular formula is C20H14Cl4N2O. The van der Waals surface area contributed by atoms with Crippen molar-refractivity contribution in [2.45, 2.75) is 6.61 Å². The normalized spacial score (nSPS) is 11.0. The van der Waals surface area contributed by atoms with Gasteiger partial charge in [0.2, 0.25) is 0 Å². The fraction of sp³-hybridized carbons (Fsp3) is 0.0500. The van der Waals surface area contributed by atoms with Gasteiger partial charge in [-0.1, -0.05) is 52.5 Å². The Labute approximate surface area is 177 Å². The minimum absolute atomic E-state index is 0.406. The number of hydrogen-bond donors (Lipinski definition) is 1. The summed E-state index contributed by atoms with van der Waals surface area (Å²) in [4.78, 5) is 0. The Kier molecular flexibility index (Phi) is 6.86. The van der Waals surface area contributed by atoms with Gasteiger partial charge >= 0.3 is 0 Å². The number of halogens is 4. The Morgan fingerprint density at radius 1 is 0.778 bits per heavy atom. The number of hydrazone groups is 1. The SMILES string of the molecule is Clc1ccc(COc2ccc(C=NNc3ccc(Cl)c(Cl)c3)cc2)cc1Cl. The number of ether oxygens (including phenoxy) is 1. The van der Waals surface area contributed by atoms with Crippen molar-refractivity contribution in [3.05, 3.63) is 91.9 Å². The summed E-state index contributed by atoms with van der Waals surface area (Å²) in [5.41, 5.74) is 5.52. The molecule has 0 heterocycles. The third-order valence-electron chi connectivity index (χ3n) is 3.60. The van der Waals surface area contributed by atoms with Crippen LogP contribution in [0.3, 0.4) is 0 Å². The molecule has 0 spiro atoms. The number of nitrogens with one attached hydrogen (secondary N) is 1. The van der Waals surface area contributed by atoms with Gasteiger partial charge in [-0.05, 0) is 65.7 Å². The Morgan fingerprint density at radius 2 is 1.44 bits per heavy atom. The molecule has 0 aliphatic heterocycles. The number of rotatable bonds is 6. The molecule has 1 N–H and O–H groups in total. The molecule has 3 aromatic carbocycles. The van der Waals surface area contributed by atoms with E-state index in [9.17, 15) is 0 Å². The first-order valence-corrected chi connectivity index (χ1v) is 9.43. The lowest BCUT2D eigenvalue weighted by molar-refractivity contribution is 0.306.